The van der Waals surface area contributed by atoms with Crippen LogP contribution < -0.4 is 5.32 Å². The number of thiazole rings is 1. The first kappa shape index (κ1) is 14.6. The molecule has 0 bridgehead atoms. The van der Waals surface area contributed by atoms with Crippen LogP contribution in [-0.4, -0.2) is 18.6 Å². The summed E-state index contributed by atoms with van der Waals surface area (Å²) < 4.78 is 5.57. The lowest BCUT2D eigenvalue weighted by Gasteiger charge is -2.27. The van der Waals surface area contributed by atoms with Gasteiger partial charge in [0.2, 0.25) is 0 Å². The molecule has 0 saturated heterocycles. The molecule has 0 aliphatic rings. The molecule has 1 heterocycles. The molecule has 0 aliphatic heterocycles. The van der Waals surface area contributed by atoms with Crippen molar-refractivity contribution in [2.45, 2.75) is 46.8 Å². The SMILES string of the molecule is CCCNCc1cnc(C(OC)C(C)(C)C)s1. The van der Waals surface area contributed by atoms with Crippen LogP contribution in [0.25, 0.3) is 0 Å². The van der Waals surface area contributed by atoms with Gasteiger partial charge in [-0.1, -0.05) is 27.7 Å². The fraction of sp³-hybridized carbons (Fsp3) is 0.769. The van der Waals surface area contributed by atoms with Crippen LogP contribution in [0.4, 0.5) is 0 Å². The van der Waals surface area contributed by atoms with E-state index in [2.05, 4.69) is 38.0 Å². The molecular weight excluding hydrogens is 232 g/mol. The molecule has 0 aliphatic carbocycles. The third-order valence-corrected chi connectivity index (χ3v) is 3.58. The van der Waals surface area contributed by atoms with Crippen LogP contribution in [0.3, 0.4) is 0 Å². The second-order valence-corrected chi connectivity index (χ2v) is 6.47. The van der Waals surface area contributed by atoms with Gasteiger partial charge in [-0.15, -0.1) is 11.3 Å². The molecule has 4 heteroatoms. The summed E-state index contributed by atoms with van der Waals surface area (Å²) in [5, 5.41) is 4.47. The van der Waals surface area contributed by atoms with Crippen molar-refractivity contribution in [3.05, 3.63) is 16.1 Å². The van der Waals surface area contributed by atoms with Crippen LogP contribution in [0, 0.1) is 5.41 Å². The van der Waals surface area contributed by atoms with Crippen molar-refractivity contribution >= 4 is 11.3 Å². The van der Waals surface area contributed by atoms with Crippen molar-refractivity contribution in [1.82, 2.24) is 10.3 Å². The quantitative estimate of drug-likeness (QED) is 0.792. The summed E-state index contributed by atoms with van der Waals surface area (Å²) in [6.45, 7) is 10.7. The predicted octanol–water partition coefficient (Wildman–Crippen LogP) is 3.38. The standard InChI is InChI=1S/C13H24N2OS/c1-6-7-14-8-10-9-15-12(17-10)11(16-5)13(2,3)4/h9,11,14H,6-8H2,1-5H3. The normalized spacial score (nSPS) is 13.9. The highest BCUT2D eigenvalue weighted by atomic mass is 32.1. The molecule has 1 aromatic heterocycles. The maximum Gasteiger partial charge on any atom is 0.122 e. The zero-order valence-corrected chi connectivity index (χ0v) is 12.4. The van der Waals surface area contributed by atoms with Crippen molar-refractivity contribution in [1.29, 1.82) is 0 Å². The van der Waals surface area contributed by atoms with Crippen molar-refractivity contribution in [2.75, 3.05) is 13.7 Å². The van der Waals surface area contributed by atoms with Crippen LogP contribution in [0.2, 0.25) is 0 Å². The van der Waals surface area contributed by atoms with E-state index in [1.807, 2.05) is 6.20 Å². The average Bonchev–Trinajstić information content (AvgIpc) is 2.66. The Hall–Kier alpha value is -0.450. The summed E-state index contributed by atoms with van der Waals surface area (Å²) in [4.78, 5) is 5.76. The van der Waals surface area contributed by atoms with Gasteiger partial charge in [0.05, 0.1) is 0 Å². The third-order valence-electron chi connectivity index (χ3n) is 2.54. The Morgan fingerprint density at radius 1 is 1.47 bits per heavy atom. The maximum absolute atomic E-state index is 5.57. The molecule has 0 saturated carbocycles. The largest absolute Gasteiger partial charge is 0.374 e. The molecule has 1 N–H and O–H groups in total. The highest BCUT2D eigenvalue weighted by molar-refractivity contribution is 7.11. The number of methoxy groups -OCH3 is 1. The van der Waals surface area contributed by atoms with Gasteiger partial charge in [-0.3, -0.25) is 0 Å². The Balaban J connectivity index is 2.66. The molecule has 0 aromatic carbocycles. The van der Waals surface area contributed by atoms with E-state index in [4.69, 9.17) is 4.74 Å². The number of hydrogen-bond donors (Lipinski definition) is 1. The van der Waals surface area contributed by atoms with Gasteiger partial charge in [0, 0.05) is 24.7 Å². The second-order valence-electron chi connectivity index (χ2n) is 5.32. The monoisotopic (exact) mass is 256 g/mol. The first-order chi connectivity index (χ1) is 7.99. The van der Waals surface area contributed by atoms with Crippen LogP contribution in [-0.2, 0) is 11.3 Å². The Morgan fingerprint density at radius 2 is 2.18 bits per heavy atom. The number of aromatic nitrogens is 1. The molecule has 1 aromatic rings. The van der Waals surface area contributed by atoms with E-state index >= 15 is 0 Å². The zero-order valence-electron chi connectivity index (χ0n) is 11.5. The van der Waals surface area contributed by atoms with Gasteiger partial charge in [0.25, 0.3) is 0 Å². The van der Waals surface area contributed by atoms with Crippen molar-refractivity contribution in [3.8, 4) is 0 Å². The number of nitrogens with one attached hydrogen (secondary N) is 1. The predicted molar refractivity (Wildman–Crippen MR) is 73.3 cm³/mol. The van der Waals surface area contributed by atoms with E-state index in [9.17, 15) is 0 Å². The molecule has 0 amide bonds. The average molecular weight is 256 g/mol. The summed E-state index contributed by atoms with van der Waals surface area (Å²) in [5.41, 5.74) is 0.0840. The second kappa shape index (κ2) is 6.47. The number of rotatable bonds is 6. The molecule has 0 fully saturated rings. The Labute approximate surface area is 109 Å². The van der Waals surface area contributed by atoms with E-state index in [1.54, 1.807) is 18.4 Å². The topological polar surface area (TPSA) is 34.2 Å². The minimum absolute atomic E-state index is 0.0763. The molecule has 0 spiro atoms. The van der Waals surface area contributed by atoms with E-state index < -0.39 is 0 Å². The first-order valence-electron chi connectivity index (χ1n) is 6.17. The van der Waals surface area contributed by atoms with Gasteiger partial charge in [0.1, 0.15) is 11.1 Å². The fourth-order valence-corrected chi connectivity index (χ4v) is 2.95. The molecule has 0 radical (unpaired) electrons. The van der Waals surface area contributed by atoms with Gasteiger partial charge >= 0.3 is 0 Å². The molecule has 17 heavy (non-hydrogen) atoms. The lowest BCUT2D eigenvalue weighted by molar-refractivity contribution is 0.0150. The summed E-state index contributed by atoms with van der Waals surface area (Å²) in [6.07, 6.45) is 3.20. The van der Waals surface area contributed by atoms with Gasteiger partial charge in [-0.05, 0) is 18.4 Å². The van der Waals surface area contributed by atoms with Gasteiger partial charge in [0.15, 0.2) is 0 Å². The number of nitrogens with zero attached hydrogens (tertiary/aromatic N) is 1. The van der Waals surface area contributed by atoms with E-state index in [1.165, 1.54) is 4.88 Å². The van der Waals surface area contributed by atoms with E-state index in [-0.39, 0.29) is 11.5 Å². The first-order valence-corrected chi connectivity index (χ1v) is 6.98. The third kappa shape index (κ3) is 4.37. The molecule has 3 nitrogen and oxygen atoms in total. The Bertz CT molecular complexity index is 330. The van der Waals surface area contributed by atoms with Crippen LogP contribution in [0.1, 0.15) is 50.1 Å². The lowest BCUT2D eigenvalue weighted by atomic mass is 9.89. The van der Waals surface area contributed by atoms with Crippen LogP contribution >= 0.6 is 11.3 Å². The van der Waals surface area contributed by atoms with Gasteiger partial charge < -0.3 is 10.1 Å². The fourth-order valence-electron chi connectivity index (χ4n) is 1.74. The van der Waals surface area contributed by atoms with E-state index in [0.717, 1.165) is 24.5 Å². The van der Waals surface area contributed by atoms with Crippen LogP contribution in [0.5, 0.6) is 0 Å². The highest BCUT2D eigenvalue weighted by Gasteiger charge is 2.28. The summed E-state index contributed by atoms with van der Waals surface area (Å²) in [7, 11) is 1.76. The van der Waals surface area contributed by atoms with Crippen molar-refractivity contribution < 1.29 is 4.74 Å². The number of ether oxygens (including phenoxy) is 1. The van der Waals surface area contributed by atoms with Crippen LogP contribution in [0.15, 0.2) is 6.20 Å². The molecular formula is C13H24N2OS. The lowest BCUT2D eigenvalue weighted by Crippen LogP contribution is -2.19. The number of hydrogen-bond acceptors (Lipinski definition) is 4. The minimum Gasteiger partial charge on any atom is -0.374 e. The minimum atomic E-state index is 0.0763. The molecule has 1 unspecified atom stereocenters. The molecule has 98 valence electrons. The summed E-state index contributed by atoms with van der Waals surface area (Å²) >= 11 is 1.74. The summed E-state index contributed by atoms with van der Waals surface area (Å²) in [5.74, 6) is 0. The zero-order chi connectivity index (χ0) is 12.9. The maximum atomic E-state index is 5.57. The molecule has 1 atom stereocenters. The highest BCUT2D eigenvalue weighted by Crippen LogP contribution is 2.37. The molecule has 1 rings (SSSR count). The van der Waals surface area contributed by atoms with E-state index in [0.29, 0.717) is 0 Å². The Kier molecular flexibility index (Phi) is 5.56. The smallest absolute Gasteiger partial charge is 0.122 e. The van der Waals surface area contributed by atoms with Gasteiger partial charge in [-0.2, -0.15) is 0 Å². The van der Waals surface area contributed by atoms with Crippen molar-refractivity contribution in [3.63, 3.8) is 0 Å². The summed E-state index contributed by atoms with van der Waals surface area (Å²) in [6, 6.07) is 0. The van der Waals surface area contributed by atoms with Gasteiger partial charge in [-0.25, -0.2) is 4.98 Å². The van der Waals surface area contributed by atoms with Crippen molar-refractivity contribution in [2.24, 2.45) is 5.41 Å². The Morgan fingerprint density at radius 3 is 2.71 bits per heavy atom.